The minimum atomic E-state index is -1.10. The maximum absolute atomic E-state index is 13.6. The molecule has 0 saturated carbocycles. The Kier molecular flexibility index (Phi) is 15.2. The van der Waals surface area contributed by atoms with Crippen LogP contribution in [0, 0.1) is 19.3 Å². The molecule has 14 nitrogen and oxygen atoms in total. The van der Waals surface area contributed by atoms with Crippen molar-refractivity contribution in [3.8, 4) is 17.2 Å². The minimum absolute atomic E-state index is 0.0305. The summed E-state index contributed by atoms with van der Waals surface area (Å²) in [6, 6.07) is 20.2. The van der Waals surface area contributed by atoms with Gasteiger partial charge in [-0.1, -0.05) is 68.8 Å². The summed E-state index contributed by atoms with van der Waals surface area (Å²) in [7, 11) is 0. The van der Waals surface area contributed by atoms with Gasteiger partial charge in [0.1, 0.15) is 35.6 Å². The highest BCUT2D eigenvalue weighted by atomic mass is 35.5. The number of hydrogen-bond acceptors (Lipinski definition) is 10. The number of nitrogens with two attached hydrogens (primary N) is 1. The highest BCUT2D eigenvalue weighted by molar-refractivity contribution is 6.31. The number of amidine groups is 1. The molecule has 3 amide bonds. The number of rotatable bonds is 15. The number of aromatic nitrogens is 1. The van der Waals surface area contributed by atoms with E-state index in [9.17, 15) is 19.5 Å². The Morgan fingerprint density at radius 3 is 2.41 bits per heavy atom. The number of amides is 3. The molecule has 4 aromatic rings. The maximum Gasteiger partial charge on any atom is 0.320 e. The van der Waals surface area contributed by atoms with Crippen LogP contribution >= 0.6 is 11.6 Å². The first-order valence-corrected chi connectivity index (χ1v) is 18.2. The zero-order chi connectivity index (χ0) is 41.0. The van der Waals surface area contributed by atoms with Gasteiger partial charge in [-0.05, 0) is 54.8 Å². The van der Waals surface area contributed by atoms with Crippen LogP contribution in [0.3, 0.4) is 0 Å². The fourth-order valence-electron chi connectivity index (χ4n) is 5.22. The normalized spacial score (nSPS) is 12.5. The second-order valence-electron chi connectivity index (χ2n) is 13.9. The third-order valence-electron chi connectivity index (χ3n) is 8.49. The number of pyridine rings is 1. The Hall–Kier alpha value is -5.67. The van der Waals surface area contributed by atoms with Crippen LogP contribution in [0.2, 0.25) is 5.02 Å². The highest BCUT2D eigenvalue weighted by Crippen LogP contribution is 2.27. The summed E-state index contributed by atoms with van der Waals surface area (Å²) in [4.78, 5) is 44.2. The number of aliphatic imine (C=N–C) groups is 1. The topological polar surface area (TPSA) is 210 Å². The maximum atomic E-state index is 13.6. The average Bonchev–Trinajstić information content (AvgIpc) is 3.16. The largest absolute Gasteiger partial charge is 0.491 e. The van der Waals surface area contributed by atoms with Crippen molar-refractivity contribution in [2.24, 2.45) is 16.1 Å². The number of halogens is 1. The molecule has 56 heavy (non-hydrogen) atoms. The summed E-state index contributed by atoms with van der Waals surface area (Å²) in [5, 5.41) is 35.8. The first kappa shape index (κ1) is 43.1. The van der Waals surface area contributed by atoms with Gasteiger partial charge in [0, 0.05) is 53.7 Å². The fourth-order valence-corrected chi connectivity index (χ4v) is 5.42. The molecule has 0 aliphatic heterocycles. The Balaban J connectivity index is 1.49. The van der Waals surface area contributed by atoms with E-state index in [1.165, 1.54) is 4.57 Å². The van der Waals surface area contributed by atoms with Gasteiger partial charge in [0.05, 0.1) is 30.7 Å². The Labute approximate surface area is 330 Å². The van der Waals surface area contributed by atoms with E-state index >= 15 is 0 Å². The molecule has 0 saturated heterocycles. The fraction of sp³-hybridized carbons (Fsp3) is 0.317. The molecule has 0 radical (unpaired) electrons. The van der Waals surface area contributed by atoms with Crippen molar-refractivity contribution in [2.75, 3.05) is 26.4 Å². The van der Waals surface area contributed by atoms with E-state index in [1.807, 2.05) is 45.0 Å². The van der Waals surface area contributed by atoms with Crippen LogP contribution in [0.25, 0.3) is 5.69 Å². The van der Waals surface area contributed by atoms with Gasteiger partial charge in [-0.25, -0.2) is 9.79 Å². The van der Waals surface area contributed by atoms with Crippen LogP contribution in [0.1, 0.15) is 53.5 Å². The molecule has 1 aromatic heterocycles. The van der Waals surface area contributed by atoms with E-state index in [-0.39, 0.29) is 55.1 Å². The van der Waals surface area contributed by atoms with E-state index < -0.39 is 35.6 Å². The van der Waals surface area contributed by atoms with Crippen LogP contribution in [-0.4, -0.2) is 70.1 Å². The van der Waals surface area contributed by atoms with E-state index in [0.29, 0.717) is 34.1 Å². The zero-order valence-corrected chi connectivity index (χ0v) is 32.8. The standard InChI is InChI=1S/C41H49ClN6O8/c1-25-13-14-27(38(52)44-22-31(51)23-50)18-33(25)48-26(2)17-34(37(42)39(48)53)56-24-29-10-7-6-9-28(29)21-45-40(54)47-36(20-35(43)41(3,4)5)46-30-11-8-12-32(19-30)55-16-15-49/h6-14,17-20,31,49-51H,15-16,21-24,43H2,1-5H3,(H,44,52)(H2,45,46,47,54). The number of aliphatic hydroxyl groups excluding tert-OH is 3. The summed E-state index contributed by atoms with van der Waals surface area (Å²) in [6.07, 6.45) is 0.502. The van der Waals surface area contributed by atoms with E-state index in [1.54, 1.807) is 68.5 Å². The molecule has 8 N–H and O–H groups in total. The molecule has 0 aliphatic rings. The lowest BCUT2D eigenvalue weighted by molar-refractivity contribution is 0.0802. The quantitative estimate of drug-likeness (QED) is 0.0665. The molecule has 15 heteroatoms. The van der Waals surface area contributed by atoms with Gasteiger partial charge in [0.2, 0.25) is 0 Å². The third kappa shape index (κ3) is 11.9. The lowest BCUT2D eigenvalue weighted by Gasteiger charge is -2.19. The average molecular weight is 789 g/mol. The van der Waals surface area contributed by atoms with Crippen LogP contribution < -0.4 is 36.7 Å². The van der Waals surface area contributed by atoms with Gasteiger partial charge < -0.3 is 41.2 Å². The van der Waals surface area contributed by atoms with E-state index in [2.05, 4.69) is 20.9 Å². The molecular formula is C41H49ClN6O8. The van der Waals surface area contributed by atoms with Crippen LogP contribution in [0.4, 0.5) is 10.5 Å². The van der Waals surface area contributed by atoms with Crippen molar-refractivity contribution in [3.63, 3.8) is 0 Å². The molecule has 0 spiro atoms. The highest BCUT2D eigenvalue weighted by Gasteiger charge is 2.19. The van der Waals surface area contributed by atoms with Crippen molar-refractivity contribution < 1.29 is 34.4 Å². The van der Waals surface area contributed by atoms with Gasteiger partial charge >= 0.3 is 6.03 Å². The molecule has 0 aliphatic carbocycles. The number of benzene rings is 3. The Morgan fingerprint density at radius 2 is 1.71 bits per heavy atom. The summed E-state index contributed by atoms with van der Waals surface area (Å²) in [6.45, 7) is 8.85. The number of aryl methyl sites for hydroxylation is 2. The molecule has 1 unspecified atom stereocenters. The molecule has 4 rings (SSSR count). The van der Waals surface area contributed by atoms with Gasteiger partial charge in [0.15, 0.2) is 0 Å². The van der Waals surface area contributed by atoms with Crippen molar-refractivity contribution >= 4 is 35.1 Å². The molecule has 1 heterocycles. The van der Waals surface area contributed by atoms with Gasteiger partial charge in [-0.3, -0.25) is 19.5 Å². The van der Waals surface area contributed by atoms with Crippen LogP contribution in [0.5, 0.6) is 11.5 Å². The minimum Gasteiger partial charge on any atom is -0.491 e. The molecule has 0 bridgehead atoms. The second kappa shape index (κ2) is 19.8. The summed E-state index contributed by atoms with van der Waals surface area (Å²) in [5.74, 6) is 0.386. The molecular weight excluding hydrogens is 740 g/mol. The smallest absolute Gasteiger partial charge is 0.320 e. The number of ether oxygens (including phenoxy) is 2. The Morgan fingerprint density at radius 1 is 0.982 bits per heavy atom. The lowest BCUT2D eigenvalue weighted by atomic mass is 9.92. The monoisotopic (exact) mass is 788 g/mol. The van der Waals surface area contributed by atoms with Crippen LogP contribution in [-0.2, 0) is 13.2 Å². The second-order valence-corrected chi connectivity index (χ2v) is 14.3. The number of hydrogen-bond donors (Lipinski definition) is 7. The number of urea groups is 1. The van der Waals surface area contributed by atoms with Crippen molar-refractivity contribution in [1.82, 2.24) is 20.5 Å². The van der Waals surface area contributed by atoms with Crippen molar-refractivity contribution in [2.45, 2.75) is 53.9 Å². The summed E-state index contributed by atoms with van der Waals surface area (Å²) in [5.41, 5.74) is 9.78. The lowest BCUT2D eigenvalue weighted by Crippen LogP contribution is -2.39. The molecule has 0 fully saturated rings. The molecule has 298 valence electrons. The third-order valence-corrected chi connectivity index (χ3v) is 8.84. The molecule has 3 aromatic carbocycles. The number of nitrogens with one attached hydrogen (secondary N) is 3. The number of allylic oxidation sites excluding steroid dienone is 1. The molecule has 1 atom stereocenters. The van der Waals surface area contributed by atoms with Gasteiger partial charge in [0.25, 0.3) is 11.5 Å². The number of carbonyl (C=O) groups excluding carboxylic acids is 2. The first-order chi connectivity index (χ1) is 26.6. The Bertz CT molecular complexity index is 2140. The predicted octanol–water partition coefficient (Wildman–Crippen LogP) is 4.56. The SMILES string of the molecule is Cc1ccc(C(=O)NCC(O)CO)cc1-n1c(C)cc(OCc2ccccc2CNC(=O)NC(C=C(N)C(C)(C)C)=Nc2cccc(OCCO)c2)c(Cl)c1=O. The summed E-state index contributed by atoms with van der Waals surface area (Å²) >= 11 is 6.59. The van der Waals surface area contributed by atoms with Crippen LogP contribution in [0.15, 0.2) is 94.4 Å². The first-order valence-electron chi connectivity index (χ1n) is 17.9. The van der Waals surface area contributed by atoms with Gasteiger partial charge in [-0.15, -0.1) is 0 Å². The van der Waals surface area contributed by atoms with E-state index in [4.69, 9.17) is 37.0 Å². The van der Waals surface area contributed by atoms with Crippen molar-refractivity contribution in [1.29, 1.82) is 0 Å². The summed E-state index contributed by atoms with van der Waals surface area (Å²) < 4.78 is 13.0. The zero-order valence-electron chi connectivity index (χ0n) is 32.1. The predicted molar refractivity (Wildman–Crippen MR) is 216 cm³/mol. The number of carbonyl (C=O) groups is 2. The van der Waals surface area contributed by atoms with E-state index in [0.717, 1.165) is 11.1 Å². The number of aliphatic hydroxyl groups is 3. The number of nitrogens with zero attached hydrogens (tertiary/aromatic N) is 2. The van der Waals surface area contributed by atoms with Gasteiger partial charge in [-0.2, -0.15) is 0 Å². The van der Waals surface area contributed by atoms with Crippen molar-refractivity contribution in [3.05, 3.63) is 128 Å².